The number of hydrogen-bond donors (Lipinski definition) is 0. The second kappa shape index (κ2) is 7.51. The van der Waals surface area contributed by atoms with Crippen LogP contribution >= 0.6 is 11.6 Å². The van der Waals surface area contributed by atoms with Gasteiger partial charge in [0, 0.05) is 22.2 Å². The Hall–Kier alpha value is -2.87. The van der Waals surface area contributed by atoms with Crippen molar-refractivity contribution in [2.24, 2.45) is 0 Å². The molecule has 3 aromatic rings. The molecule has 29 heavy (non-hydrogen) atoms. The molecule has 1 aromatic heterocycles. The van der Waals surface area contributed by atoms with Crippen molar-refractivity contribution >= 4 is 17.5 Å². The molecule has 1 saturated carbocycles. The Labute approximate surface area is 169 Å². The van der Waals surface area contributed by atoms with Crippen LogP contribution in [0.1, 0.15) is 34.7 Å². The molecule has 0 N–H and O–H groups in total. The Kier molecular flexibility index (Phi) is 5.04. The molecule has 9 heteroatoms. The van der Waals surface area contributed by atoms with Crippen LogP contribution in [0, 0.1) is 0 Å². The van der Waals surface area contributed by atoms with E-state index in [-0.39, 0.29) is 29.9 Å². The first-order chi connectivity index (χ1) is 13.8. The van der Waals surface area contributed by atoms with E-state index in [0.29, 0.717) is 16.5 Å². The molecule has 1 aliphatic carbocycles. The number of amides is 1. The number of carbonyl (C=O) groups excluding carboxylic acids is 1. The fraction of sp³-hybridized carbons (Fsp3) is 0.250. The van der Waals surface area contributed by atoms with Gasteiger partial charge in [-0.1, -0.05) is 11.6 Å². The highest BCUT2D eigenvalue weighted by molar-refractivity contribution is 6.30. The average molecular weight is 422 g/mol. The first kappa shape index (κ1) is 19.4. The zero-order valence-corrected chi connectivity index (χ0v) is 15.7. The number of rotatable bonds is 5. The van der Waals surface area contributed by atoms with E-state index in [1.54, 1.807) is 29.2 Å². The van der Waals surface area contributed by atoms with Gasteiger partial charge >= 0.3 is 6.18 Å². The molecule has 0 saturated heterocycles. The number of carbonyl (C=O) groups is 1. The van der Waals surface area contributed by atoms with Crippen molar-refractivity contribution in [1.82, 2.24) is 15.1 Å². The molecule has 5 nitrogen and oxygen atoms in total. The lowest BCUT2D eigenvalue weighted by Crippen LogP contribution is -2.32. The summed E-state index contributed by atoms with van der Waals surface area (Å²) in [4.78, 5) is 14.4. The fourth-order valence-corrected chi connectivity index (χ4v) is 3.02. The van der Waals surface area contributed by atoms with E-state index in [2.05, 4.69) is 10.2 Å². The Bertz CT molecular complexity index is 1010. The van der Waals surface area contributed by atoms with E-state index in [0.717, 1.165) is 25.0 Å². The first-order valence-electron chi connectivity index (χ1n) is 8.88. The van der Waals surface area contributed by atoms with E-state index in [9.17, 15) is 18.0 Å². The van der Waals surface area contributed by atoms with Crippen LogP contribution in [0.25, 0.3) is 11.5 Å². The molecule has 1 aliphatic rings. The predicted octanol–water partition coefficient (Wildman–Crippen LogP) is 5.21. The van der Waals surface area contributed by atoms with E-state index in [1.807, 2.05) is 0 Å². The second-order valence-corrected chi connectivity index (χ2v) is 7.18. The number of alkyl halides is 3. The van der Waals surface area contributed by atoms with Crippen LogP contribution in [-0.2, 0) is 12.7 Å². The molecular weight excluding hydrogens is 407 g/mol. The quantitative estimate of drug-likeness (QED) is 0.567. The molecule has 0 radical (unpaired) electrons. The highest BCUT2D eigenvalue weighted by atomic mass is 35.5. The molecule has 1 amide bonds. The predicted molar refractivity (Wildman–Crippen MR) is 99.1 cm³/mol. The molecule has 4 rings (SSSR count). The van der Waals surface area contributed by atoms with Gasteiger partial charge in [0.15, 0.2) is 0 Å². The summed E-state index contributed by atoms with van der Waals surface area (Å²) in [6.45, 7) is 0.0884. The van der Waals surface area contributed by atoms with E-state index < -0.39 is 11.7 Å². The lowest BCUT2D eigenvalue weighted by molar-refractivity contribution is -0.137. The minimum atomic E-state index is -4.44. The van der Waals surface area contributed by atoms with Crippen molar-refractivity contribution in [2.45, 2.75) is 31.6 Å². The third-order valence-corrected chi connectivity index (χ3v) is 4.82. The molecule has 150 valence electrons. The van der Waals surface area contributed by atoms with Gasteiger partial charge in [0.05, 0.1) is 12.1 Å². The SMILES string of the molecule is O=C(c1ccc(C(F)(F)F)cc1)N(Cc1nnc(-c2ccc(Cl)cc2)o1)C1CC1. The van der Waals surface area contributed by atoms with Crippen LogP contribution in [0.4, 0.5) is 13.2 Å². The minimum absolute atomic E-state index is 0.00988. The van der Waals surface area contributed by atoms with Crippen LogP contribution < -0.4 is 0 Å². The van der Waals surface area contributed by atoms with Gasteiger partial charge in [-0.3, -0.25) is 4.79 Å². The molecule has 0 spiro atoms. The molecule has 0 unspecified atom stereocenters. The van der Waals surface area contributed by atoms with Gasteiger partial charge in [0.25, 0.3) is 5.91 Å². The van der Waals surface area contributed by atoms with Crippen LogP contribution in [-0.4, -0.2) is 27.0 Å². The lowest BCUT2D eigenvalue weighted by atomic mass is 10.1. The van der Waals surface area contributed by atoms with Crippen molar-refractivity contribution in [3.05, 3.63) is 70.6 Å². The Morgan fingerprint density at radius 1 is 1.07 bits per heavy atom. The monoisotopic (exact) mass is 421 g/mol. The number of benzene rings is 2. The third kappa shape index (κ3) is 4.42. The lowest BCUT2D eigenvalue weighted by Gasteiger charge is -2.20. The van der Waals surface area contributed by atoms with Gasteiger partial charge < -0.3 is 9.32 Å². The molecule has 0 bridgehead atoms. The number of halogens is 4. The van der Waals surface area contributed by atoms with Crippen molar-refractivity contribution in [1.29, 1.82) is 0 Å². The van der Waals surface area contributed by atoms with Crippen LogP contribution in [0.3, 0.4) is 0 Å². The molecule has 0 aliphatic heterocycles. The number of hydrogen-bond acceptors (Lipinski definition) is 4. The number of nitrogens with zero attached hydrogens (tertiary/aromatic N) is 3. The first-order valence-corrected chi connectivity index (χ1v) is 9.25. The Morgan fingerprint density at radius 3 is 2.31 bits per heavy atom. The van der Waals surface area contributed by atoms with Crippen molar-refractivity contribution in [3.8, 4) is 11.5 Å². The standard InChI is InChI=1S/C20H15ClF3N3O2/c21-15-7-3-12(4-8-15)18-26-25-17(29-18)11-27(16-9-10-16)19(28)13-1-5-14(6-2-13)20(22,23)24/h1-8,16H,9-11H2. The Balaban J connectivity index is 1.51. The Morgan fingerprint density at radius 2 is 1.72 bits per heavy atom. The summed E-state index contributed by atoms with van der Waals surface area (Å²) in [5.41, 5.74) is 0.0825. The summed E-state index contributed by atoms with van der Waals surface area (Å²) >= 11 is 5.87. The van der Waals surface area contributed by atoms with Gasteiger partial charge in [0.1, 0.15) is 0 Å². The largest absolute Gasteiger partial charge is 0.419 e. The molecule has 0 atom stereocenters. The van der Waals surface area contributed by atoms with Crippen LogP contribution in [0.2, 0.25) is 5.02 Å². The minimum Gasteiger partial charge on any atom is -0.419 e. The maximum atomic E-state index is 12.8. The van der Waals surface area contributed by atoms with E-state index in [1.165, 1.54) is 12.1 Å². The summed E-state index contributed by atoms with van der Waals surface area (Å²) in [7, 11) is 0. The van der Waals surface area contributed by atoms with Gasteiger partial charge in [-0.2, -0.15) is 13.2 Å². The zero-order chi connectivity index (χ0) is 20.6. The van der Waals surface area contributed by atoms with Crippen molar-refractivity contribution < 1.29 is 22.4 Å². The summed E-state index contributed by atoms with van der Waals surface area (Å²) in [5, 5.41) is 8.57. The molecule has 2 aromatic carbocycles. The van der Waals surface area contributed by atoms with Gasteiger partial charge in [0.2, 0.25) is 11.8 Å². The summed E-state index contributed by atoms with van der Waals surface area (Å²) in [6.07, 6.45) is -2.80. The zero-order valence-electron chi connectivity index (χ0n) is 15.0. The summed E-state index contributed by atoms with van der Waals surface area (Å²) in [5.74, 6) is 0.184. The highest BCUT2D eigenvalue weighted by Crippen LogP contribution is 2.32. The number of aromatic nitrogens is 2. The highest BCUT2D eigenvalue weighted by Gasteiger charge is 2.35. The van der Waals surface area contributed by atoms with Crippen LogP contribution in [0.15, 0.2) is 52.9 Å². The fourth-order valence-electron chi connectivity index (χ4n) is 2.89. The summed E-state index contributed by atoms with van der Waals surface area (Å²) in [6, 6.07) is 11.1. The molecule has 1 fully saturated rings. The van der Waals surface area contributed by atoms with Crippen molar-refractivity contribution in [3.63, 3.8) is 0 Å². The van der Waals surface area contributed by atoms with E-state index in [4.69, 9.17) is 16.0 Å². The molecular formula is C20H15ClF3N3O2. The maximum absolute atomic E-state index is 12.8. The van der Waals surface area contributed by atoms with Crippen molar-refractivity contribution in [2.75, 3.05) is 0 Å². The second-order valence-electron chi connectivity index (χ2n) is 6.75. The van der Waals surface area contributed by atoms with Gasteiger partial charge in [-0.15, -0.1) is 10.2 Å². The molecule has 1 heterocycles. The summed E-state index contributed by atoms with van der Waals surface area (Å²) < 4.78 is 43.9. The van der Waals surface area contributed by atoms with E-state index >= 15 is 0 Å². The topological polar surface area (TPSA) is 59.2 Å². The normalized spacial score (nSPS) is 14.1. The van der Waals surface area contributed by atoms with Gasteiger partial charge in [-0.25, -0.2) is 0 Å². The maximum Gasteiger partial charge on any atom is 0.416 e. The third-order valence-electron chi connectivity index (χ3n) is 4.57. The van der Waals surface area contributed by atoms with Crippen LogP contribution in [0.5, 0.6) is 0 Å². The smallest absolute Gasteiger partial charge is 0.416 e. The van der Waals surface area contributed by atoms with Gasteiger partial charge in [-0.05, 0) is 61.4 Å². The average Bonchev–Trinajstić information content (AvgIpc) is 3.43.